The summed E-state index contributed by atoms with van der Waals surface area (Å²) in [6.07, 6.45) is 5.98. The number of aromatic nitrogens is 4. The van der Waals surface area contributed by atoms with Crippen molar-refractivity contribution in [3.05, 3.63) is 65.9 Å². The zero-order chi connectivity index (χ0) is 21.4. The van der Waals surface area contributed by atoms with Crippen LogP contribution in [-0.4, -0.2) is 31.2 Å². The quantitative estimate of drug-likeness (QED) is 0.537. The molecule has 0 aliphatic heterocycles. The fourth-order valence-corrected chi connectivity index (χ4v) is 3.89. The van der Waals surface area contributed by atoms with Crippen LogP contribution in [0.5, 0.6) is 0 Å². The minimum absolute atomic E-state index is 0.124. The number of Topliss-reactive ketones (excluding diaryl/α,β-unsaturated/α-hetero) is 1. The minimum atomic E-state index is -0.250. The summed E-state index contributed by atoms with van der Waals surface area (Å²) in [5, 5.41) is 7.09. The number of fused-ring (bicyclic) bond motifs is 1. The Bertz CT molecular complexity index is 1280. The number of benzene rings is 1. The van der Waals surface area contributed by atoms with Crippen LogP contribution in [0.3, 0.4) is 0 Å². The van der Waals surface area contributed by atoms with Gasteiger partial charge in [0.05, 0.1) is 6.20 Å². The number of hydrogen-bond acceptors (Lipinski definition) is 6. The van der Waals surface area contributed by atoms with E-state index in [1.54, 1.807) is 16.8 Å². The number of amides is 1. The van der Waals surface area contributed by atoms with Crippen molar-refractivity contribution in [1.29, 1.82) is 0 Å². The Morgan fingerprint density at radius 2 is 2.03 bits per heavy atom. The molecule has 1 amide bonds. The molecule has 4 aromatic rings. The summed E-state index contributed by atoms with van der Waals surface area (Å²) < 4.78 is 7.23. The maximum atomic E-state index is 12.9. The Labute approximate surface area is 178 Å². The molecule has 8 nitrogen and oxygen atoms in total. The van der Waals surface area contributed by atoms with Crippen molar-refractivity contribution >= 4 is 23.0 Å². The monoisotopic (exact) mass is 415 g/mol. The predicted octanol–water partition coefficient (Wildman–Crippen LogP) is 4.17. The van der Waals surface area contributed by atoms with Crippen molar-refractivity contribution in [3.63, 3.8) is 0 Å². The maximum absolute atomic E-state index is 12.9. The second-order valence-corrected chi connectivity index (χ2v) is 7.83. The third-order valence-electron chi connectivity index (χ3n) is 5.73. The standard InChI is InChI=1S/C23H21N5O3/c1-14-5-6-16(21-26-23(31-27-21)15-7-9-17(29)10-8-15)12-18(14)25-22(30)19-13-24-20-4-2-3-11-28(19)20/h2-6,11-13,15H,7-10H2,1H3,(H,25,30). The second kappa shape index (κ2) is 7.79. The van der Waals surface area contributed by atoms with Crippen molar-refractivity contribution in [2.75, 3.05) is 5.32 Å². The van der Waals surface area contributed by atoms with E-state index in [4.69, 9.17) is 4.52 Å². The van der Waals surface area contributed by atoms with Gasteiger partial charge in [-0.2, -0.15) is 4.98 Å². The fraction of sp³-hybridized carbons (Fsp3) is 0.261. The fourth-order valence-electron chi connectivity index (χ4n) is 3.89. The number of rotatable bonds is 4. The van der Waals surface area contributed by atoms with Crippen LogP contribution < -0.4 is 5.32 Å². The van der Waals surface area contributed by atoms with Crippen LogP contribution >= 0.6 is 0 Å². The highest BCUT2D eigenvalue weighted by Gasteiger charge is 2.25. The Morgan fingerprint density at radius 1 is 1.19 bits per heavy atom. The van der Waals surface area contributed by atoms with Crippen LogP contribution in [0.15, 0.2) is 53.3 Å². The van der Waals surface area contributed by atoms with Gasteiger partial charge in [0.25, 0.3) is 5.91 Å². The molecule has 0 spiro atoms. The first-order valence-corrected chi connectivity index (χ1v) is 10.3. The largest absolute Gasteiger partial charge is 0.339 e. The molecule has 3 aromatic heterocycles. The summed E-state index contributed by atoms with van der Waals surface area (Å²) >= 11 is 0. The molecule has 3 heterocycles. The number of ketones is 1. The first kappa shape index (κ1) is 19.2. The first-order valence-electron chi connectivity index (χ1n) is 10.3. The van der Waals surface area contributed by atoms with Gasteiger partial charge in [-0.15, -0.1) is 0 Å². The number of pyridine rings is 1. The Balaban J connectivity index is 1.38. The number of imidazole rings is 1. The van der Waals surface area contributed by atoms with Gasteiger partial charge in [-0.25, -0.2) is 4.98 Å². The lowest BCUT2D eigenvalue weighted by atomic mass is 9.88. The van der Waals surface area contributed by atoms with Gasteiger partial charge in [0.15, 0.2) is 0 Å². The lowest BCUT2D eigenvalue weighted by molar-refractivity contribution is -0.120. The average molecular weight is 415 g/mol. The van der Waals surface area contributed by atoms with Gasteiger partial charge in [-0.3, -0.25) is 14.0 Å². The molecular formula is C23H21N5O3. The molecule has 1 aromatic carbocycles. The number of aryl methyl sites for hydroxylation is 1. The third kappa shape index (κ3) is 3.72. The van der Waals surface area contributed by atoms with E-state index in [0.29, 0.717) is 47.4 Å². The summed E-state index contributed by atoms with van der Waals surface area (Å²) in [4.78, 5) is 33.2. The van der Waals surface area contributed by atoms with Crippen LogP contribution in [0, 0.1) is 6.92 Å². The average Bonchev–Trinajstić information content (AvgIpc) is 3.43. The molecule has 0 atom stereocenters. The maximum Gasteiger partial charge on any atom is 0.274 e. The van der Waals surface area contributed by atoms with Gasteiger partial charge in [0.2, 0.25) is 11.7 Å². The number of anilines is 1. The SMILES string of the molecule is Cc1ccc(-c2noc(C3CCC(=O)CC3)n2)cc1NC(=O)c1cnc2ccccn12. The normalized spacial score (nSPS) is 14.8. The Kier molecular flexibility index (Phi) is 4.82. The summed E-state index contributed by atoms with van der Waals surface area (Å²) in [7, 11) is 0. The molecule has 1 N–H and O–H groups in total. The van der Waals surface area contributed by atoms with Crippen LogP contribution in [0.4, 0.5) is 5.69 Å². The molecule has 1 aliphatic rings. The molecule has 8 heteroatoms. The number of hydrogen-bond donors (Lipinski definition) is 1. The lowest BCUT2D eigenvalue weighted by Gasteiger charge is -2.16. The molecule has 0 unspecified atom stereocenters. The zero-order valence-corrected chi connectivity index (χ0v) is 17.0. The second-order valence-electron chi connectivity index (χ2n) is 7.83. The molecule has 0 radical (unpaired) electrons. The minimum Gasteiger partial charge on any atom is -0.339 e. The smallest absolute Gasteiger partial charge is 0.274 e. The van der Waals surface area contributed by atoms with Gasteiger partial charge in [-0.05, 0) is 43.5 Å². The summed E-state index contributed by atoms with van der Waals surface area (Å²) in [5.41, 5.74) is 3.50. The van der Waals surface area contributed by atoms with Crippen LogP contribution in [-0.2, 0) is 4.79 Å². The Hall–Kier alpha value is -3.81. The zero-order valence-electron chi connectivity index (χ0n) is 17.0. The molecule has 5 rings (SSSR count). The highest BCUT2D eigenvalue weighted by atomic mass is 16.5. The first-order chi connectivity index (χ1) is 15.1. The van der Waals surface area contributed by atoms with Gasteiger partial charge in [0, 0.05) is 36.2 Å². The van der Waals surface area contributed by atoms with E-state index in [-0.39, 0.29) is 11.8 Å². The topological polar surface area (TPSA) is 102 Å². The molecule has 1 fully saturated rings. The molecule has 1 aliphatic carbocycles. The number of carbonyl (C=O) groups is 2. The van der Waals surface area contributed by atoms with Gasteiger partial charge < -0.3 is 9.84 Å². The van der Waals surface area contributed by atoms with Crippen molar-refractivity contribution in [2.24, 2.45) is 0 Å². The molecule has 31 heavy (non-hydrogen) atoms. The highest BCUT2D eigenvalue weighted by molar-refractivity contribution is 6.04. The van der Waals surface area contributed by atoms with E-state index in [1.807, 2.05) is 43.3 Å². The van der Waals surface area contributed by atoms with Crippen LogP contribution in [0.2, 0.25) is 0 Å². The Morgan fingerprint density at radius 3 is 2.87 bits per heavy atom. The van der Waals surface area contributed by atoms with Gasteiger partial charge in [-0.1, -0.05) is 23.4 Å². The van der Waals surface area contributed by atoms with E-state index >= 15 is 0 Å². The summed E-state index contributed by atoms with van der Waals surface area (Å²) in [6.45, 7) is 1.93. The predicted molar refractivity (Wildman–Crippen MR) is 114 cm³/mol. The van der Waals surface area contributed by atoms with Crippen molar-refractivity contribution in [1.82, 2.24) is 19.5 Å². The van der Waals surface area contributed by atoms with Gasteiger partial charge >= 0.3 is 0 Å². The summed E-state index contributed by atoms with van der Waals surface area (Å²) in [5.74, 6) is 1.20. The molecule has 156 valence electrons. The van der Waals surface area contributed by atoms with Crippen LogP contribution in [0.1, 0.15) is 53.5 Å². The molecule has 0 saturated heterocycles. The van der Waals surface area contributed by atoms with Crippen molar-refractivity contribution in [2.45, 2.75) is 38.5 Å². The van der Waals surface area contributed by atoms with E-state index < -0.39 is 0 Å². The number of carbonyl (C=O) groups excluding carboxylic acids is 2. The van der Waals surface area contributed by atoms with Crippen LogP contribution in [0.25, 0.3) is 17.0 Å². The van der Waals surface area contributed by atoms with E-state index in [9.17, 15) is 9.59 Å². The van der Waals surface area contributed by atoms with Crippen molar-refractivity contribution in [3.8, 4) is 11.4 Å². The third-order valence-corrected chi connectivity index (χ3v) is 5.73. The van der Waals surface area contributed by atoms with Gasteiger partial charge in [0.1, 0.15) is 17.1 Å². The van der Waals surface area contributed by atoms with E-state index in [2.05, 4.69) is 20.4 Å². The molecule has 0 bridgehead atoms. The highest BCUT2D eigenvalue weighted by Crippen LogP contribution is 2.32. The van der Waals surface area contributed by atoms with Crippen molar-refractivity contribution < 1.29 is 14.1 Å². The number of nitrogens with zero attached hydrogens (tertiary/aromatic N) is 4. The molecular weight excluding hydrogens is 394 g/mol. The summed E-state index contributed by atoms with van der Waals surface area (Å²) in [6, 6.07) is 11.2. The lowest BCUT2D eigenvalue weighted by Crippen LogP contribution is -2.15. The number of nitrogens with one attached hydrogen (secondary N) is 1. The molecule has 1 saturated carbocycles. The van der Waals surface area contributed by atoms with E-state index in [0.717, 1.165) is 24.0 Å². The van der Waals surface area contributed by atoms with E-state index in [1.165, 1.54) is 0 Å².